The number of nitrogens with zero attached hydrogens (tertiary/aromatic N) is 1. The predicted molar refractivity (Wildman–Crippen MR) is 79.2 cm³/mol. The molecule has 1 unspecified atom stereocenters. The van der Waals surface area contributed by atoms with E-state index in [4.69, 9.17) is 4.74 Å². The van der Waals surface area contributed by atoms with Crippen LogP contribution in [0.4, 0.5) is 0 Å². The summed E-state index contributed by atoms with van der Waals surface area (Å²) in [5, 5.41) is 4.24. The molecule has 19 heavy (non-hydrogen) atoms. The second kappa shape index (κ2) is 7.26. The summed E-state index contributed by atoms with van der Waals surface area (Å²) in [4.78, 5) is 16.1. The van der Waals surface area contributed by atoms with Crippen molar-refractivity contribution in [2.24, 2.45) is 0 Å². The molecule has 0 radical (unpaired) electrons. The Morgan fingerprint density at radius 3 is 3.00 bits per heavy atom. The molecular formula is C13H17BrN2O2S. The lowest BCUT2D eigenvalue weighted by Crippen LogP contribution is -2.41. The number of nitrogens with one attached hydrogen (secondary N) is 1. The fourth-order valence-electron chi connectivity index (χ4n) is 1.58. The number of carbonyl (C=O) groups excluding carboxylic acids is 1. The van der Waals surface area contributed by atoms with Gasteiger partial charge in [0.25, 0.3) is 0 Å². The van der Waals surface area contributed by atoms with E-state index in [2.05, 4.69) is 26.2 Å². The van der Waals surface area contributed by atoms with E-state index < -0.39 is 0 Å². The highest BCUT2D eigenvalue weighted by Gasteiger charge is 2.29. The van der Waals surface area contributed by atoms with Crippen molar-refractivity contribution in [2.45, 2.75) is 36.9 Å². The van der Waals surface area contributed by atoms with Crippen LogP contribution < -0.4 is 5.32 Å². The van der Waals surface area contributed by atoms with E-state index in [9.17, 15) is 4.79 Å². The van der Waals surface area contributed by atoms with Crippen LogP contribution in [-0.2, 0) is 9.53 Å². The molecule has 0 saturated heterocycles. The maximum atomic E-state index is 11.9. The Kier molecular flexibility index (Phi) is 5.66. The lowest BCUT2D eigenvalue weighted by molar-refractivity contribution is -0.145. The third-order valence-corrected chi connectivity index (χ3v) is 4.19. The lowest BCUT2D eigenvalue weighted by atomic mass is 10.3. The Morgan fingerprint density at radius 2 is 2.42 bits per heavy atom. The van der Waals surface area contributed by atoms with Crippen molar-refractivity contribution in [1.82, 2.24) is 10.3 Å². The van der Waals surface area contributed by atoms with Gasteiger partial charge >= 0.3 is 5.97 Å². The summed E-state index contributed by atoms with van der Waals surface area (Å²) in [5.74, 6) is 0.475. The molecule has 0 aliphatic heterocycles. The molecule has 6 heteroatoms. The van der Waals surface area contributed by atoms with Crippen molar-refractivity contribution < 1.29 is 9.53 Å². The van der Waals surface area contributed by atoms with Gasteiger partial charge in [0.05, 0.1) is 11.6 Å². The van der Waals surface area contributed by atoms with Crippen LogP contribution >= 0.6 is 27.7 Å². The monoisotopic (exact) mass is 344 g/mol. The quantitative estimate of drug-likeness (QED) is 0.608. The molecule has 1 aromatic rings. The van der Waals surface area contributed by atoms with Crippen LogP contribution in [0.25, 0.3) is 0 Å². The first kappa shape index (κ1) is 14.8. The van der Waals surface area contributed by atoms with E-state index in [1.807, 2.05) is 19.1 Å². The molecule has 0 spiro atoms. The number of halogens is 1. The second-order valence-electron chi connectivity index (χ2n) is 4.37. The first-order valence-electron chi connectivity index (χ1n) is 6.36. The molecule has 0 bridgehead atoms. The highest BCUT2D eigenvalue weighted by molar-refractivity contribution is 9.10. The average Bonchev–Trinajstić information content (AvgIpc) is 3.20. The molecule has 0 amide bonds. The minimum absolute atomic E-state index is 0.168. The number of pyridine rings is 1. The average molecular weight is 345 g/mol. The van der Waals surface area contributed by atoms with Crippen LogP contribution in [0, 0.1) is 0 Å². The van der Waals surface area contributed by atoms with Crippen LogP contribution in [0.3, 0.4) is 0 Å². The second-order valence-corrected chi connectivity index (χ2v) is 6.33. The van der Waals surface area contributed by atoms with Gasteiger partial charge in [-0.3, -0.25) is 4.79 Å². The molecule has 0 aromatic carbocycles. The Labute approximate surface area is 125 Å². The number of hydrogen-bond donors (Lipinski definition) is 1. The summed E-state index contributed by atoms with van der Waals surface area (Å²) in [7, 11) is 0. The van der Waals surface area contributed by atoms with Gasteiger partial charge in [0.15, 0.2) is 0 Å². The Hall–Kier alpha value is -0.590. The van der Waals surface area contributed by atoms with Gasteiger partial charge in [0.2, 0.25) is 0 Å². The molecule has 1 atom stereocenters. The minimum Gasteiger partial charge on any atom is -0.465 e. The van der Waals surface area contributed by atoms with Crippen molar-refractivity contribution in [3.8, 4) is 0 Å². The zero-order chi connectivity index (χ0) is 13.7. The highest BCUT2D eigenvalue weighted by atomic mass is 79.9. The maximum absolute atomic E-state index is 11.9. The van der Waals surface area contributed by atoms with Crippen molar-refractivity contribution in [3.05, 3.63) is 22.8 Å². The van der Waals surface area contributed by atoms with Crippen molar-refractivity contribution >= 4 is 33.7 Å². The molecule has 1 heterocycles. The number of rotatable bonds is 7. The standard InChI is InChI=1S/C13H17BrN2O2S/c1-2-18-13(17)11(16-10-4-5-10)8-19-12-6-3-9(14)7-15-12/h3,6-7,10-11,16H,2,4-5,8H2,1H3. The third kappa shape index (κ3) is 5.12. The molecule has 1 N–H and O–H groups in total. The molecule has 4 nitrogen and oxygen atoms in total. The number of ether oxygens (including phenoxy) is 1. The minimum atomic E-state index is -0.247. The number of hydrogen-bond acceptors (Lipinski definition) is 5. The van der Waals surface area contributed by atoms with E-state index in [0.717, 1.165) is 22.3 Å². The molecule has 1 aromatic heterocycles. The van der Waals surface area contributed by atoms with Crippen LogP contribution in [0.1, 0.15) is 19.8 Å². The summed E-state index contributed by atoms with van der Waals surface area (Å²) in [6.45, 7) is 2.25. The number of thioether (sulfide) groups is 1. The van der Waals surface area contributed by atoms with E-state index in [1.54, 1.807) is 18.0 Å². The van der Waals surface area contributed by atoms with Crippen molar-refractivity contribution in [1.29, 1.82) is 0 Å². The van der Waals surface area contributed by atoms with Crippen molar-refractivity contribution in [2.75, 3.05) is 12.4 Å². The van der Waals surface area contributed by atoms with Gasteiger partial charge in [0, 0.05) is 22.5 Å². The largest absolute Gasteiger partial charge is 0.465 e. The third-order valence-electron chi connectivity index (χ3n) is 2.68. The molecular weight excluding hydrogens is 328 g/mol. The van der Waals surface area contributed by atoms with Gasteiger partial charge in [0.1, 0.15) is 6.04 Å². The van der Waals surface area contributed by atoms with Crippen LogP contribution in [0.2, 0.25) is 0 Å². The fraction of sp³-hybridized carbons (Fsp3) is 0.538. The molecule has 1 aliphatic rings. The SMILES string of the molecule is CCOC(=O)C(CSc1ccc(Br)cn1)NC1CC1. The topological polar surface area (TPSA) is 51.2 Å². The lowest BCUT2D eigenvalue weighted by Gasteiger charge is -2.16. The zero-order valence-electron chi connectivity index (χ0n) is 10.8. The molecule has 1 fully saturated rings. The van der Waals surface area contributed by atoms with E-state index in [1.165, 1.54) is 0 Å². The van der Waals surface area contributed by atoms with Gasteiger partial charge in [-0.2, -0.15) is 0 Å². The first-order chi connectivity index (χ1) is 9.19. The molecule has 1 saturated carbocycles. The molecule has 2 rings (SSSR count). The van der Waals surface area contributed by atoms with E-state index in [0.29, 0.717) is 18.4 Å². The van der Waals surface area contributed by atoms with Crippen LogP contribution in [-0.4, -0.2) is 35.4 Å². The van der Waals surface area contributed by atoms with Gasteiger partial charge in [-0.25, -0.2) is 4.98 Å². The predicted octanol–water partition coefficient (Wildman–Crippen LogP) is 2.62. The van der Waals surface area contributed by atoms with Gasteiger partial charge in [-0.15, -0.1) is 11.8 Å². The normalized spacial score (nSPS) is 16.1. The van der Waals surface area contributed by atoms with Crippen LogP contribution in [0.5, 0.6) is 0 Å². The van der Waals surface area contributed by atoms with Crippen molar-refractivity contribution in [3.63, 3.8) is 0 Å². The van der Waals surface area contributed by atoms with Gasteiger partial charge < -0.3 is 10.1 Å². The number of esters is 1. The van der Waals surface area contributed by atoms with E-state index >= 15 is 0 Å². The fourth-order valence-corrected chi connectivity index (χ4v) is 2.67. The summed E-state index contributed by atoms with van der Waals surface area (Å²) in [6.07, 6.45) is 4.06. The van der Waals surface area contributed by atoms with E-state index in [-0.39, 0.29) is 12.0 Å². The Bertz CT molecular complexity index is 423. The maximum Gasteiger partial charge on any atom is 0.324 e. The molecule has 1 aliphatic carbocycles. The number of aromatic nitrogens is 1. The summed E-state index contributed by atoms with van der Waals surface area (Å²) < 4.78 is 6.05. The smallest absolute Gasteiger partial charge is 0.324 e. The first-order valence-corrected chi connectivity index (χ1v) is 8.14. The Morgan fingerprint density at radius 1 is 1.63 bits per heavy atom. The Balaban J connectivity index is 1.87. The van der Waals surface area contributed by atoms with Gasteiger partial charge in [-0.05, 0) is 47.8 Å². The summed E-state index contributed by atoms with van der Waals surface area (Å²) in [6, 6.07) is 4.12. The summed E-state index contributed by atoms with van der Waals surface area (Å²) >= 11 is 4.92. The highest BCUT2D eigenvalue weighted by Crippen LogP contribution is 2.23. The molecule has 104 valence electrons. The van der Waals surface area contributed by atoms with Crippen LogP contribution in [0.15, 0.2) is 27.8 Å². The zero-order valence-corrected chi connectivity index (χ0v) is 13.2. The number of carbonyl (C=O) groups is 1. The van der Waals surface area contributed by atoms with Gasteiger partial charge in [-0.1, -0.05) is 0 Å². The summed E-state index contributed by atoms with van der Waals surface area (Å²) in [5.41, 5.74) is 0.